The van der Waals surface area contributed by atoms with Crippen LogP contribution in [-0.4, -0.2) is 30.6 Å². The van der Waals surface area contributed by atoms with Crippen LogP contribution >= 0.6 is 0 Å². The Labute approximate surface area is 131 Å². The van der Waals surface area contributed by atoms with Crippen LogP contribution in [-0.2, 0) is 9.53 Å². The summed E-state index contributed by atoms with van der Waals surface area (Å²) in [6, 6.07) is 0. The van der Waals surface area contributed by atoms with Gasteiger partial charge in [-0.2, -0.15) is 39.5 Å². The molecule has 1 fully saturated rings. The summed E-state index contributed by atoms with van der Waals surface area (Å²) in [5, 5.41) is 0. The van der Waals surface area contributed by atoms with Crippen LogP contribution in [0.25, 0.3) is 0 Å². The summed E-state index contributed by atoms with van der Waals surface area (Å²) < 4.78 is 119. The summed E-state index contributed by atoms with van der Waals surface area (Å²) in [4.78, 5) is 11.5. The fraction of sp³-hybridized carbons (Fsp3) is 0.923. The van der Waals surface area contributed by atoms with Crippen molar-refractivity contribution in [2.24, 2.45) is 17.3 Å². The molecule has 142 valence electrons. The van der Waals surface area contributed by atoms with Crippen molar-refractivity contribution in [3.8, 4) is 0 Å². The van der Waals surface area contributed by atoms with Crippen LogP contribution in [0.3, 0.4) is 0 Å². The molecule has 0 aromatic carbocycles. The minimum absolute atomic E-state index is 0.0672. The molecule has 2 nitrogen and oxygen atoms in total. The van der Waals surface area contributed by atoms with Crippen LogP contribution in [0.2, 0.25) is 0 Å². The Morgan fingerprint density at radius 3 is 1.54 bits per heavy atom. The molecule has 0 spiro atoms. The zero-order valence-electron chi connectivity index (χ0n) is 12.6. The molecule has 0 radical (unpaired) electrons. The van der Waals surface area contributed by atoms with Crippen molar-refractivity contribution in [2.45, 2.75) is 57.7 Å². The zero-order valence-corrected chi connectivity index (χ0v) is 12.6. The number of hydrogen-bond acceptors (Lipinski definition) is 2. The van der Waals surface area contributed by atoms with Gasteiger partial charge in [-0.05, 0) is 31.1 Å². The van der Waals surface area contributed by atoms with Crippen LogP contribution in [0.15, 0.2) is 0 Å². The monoisotopic (exact) mass is 374 g/mol. The van der Waals surface area contributed by atoms with E-state index in [0.29, 0.717) is 6.42 Å². The number of hydrogen-bond donors (Lipinski definition) is 0. The molecule has 11 heteroatoms. The second-order valence-corrected chi connectivity index (χ2v) is 6.04. The standard InChI is InChI=1S/C13H15F9O2/c1-6-3-4-8(5-7(6)2)24-9(23)10(11(14,15)16,12(17,18)19)13(20,21)22/h6-8H,3-5H2,1-2H3/t6-,7+,8-/m1/s1. The quantitative estimate of drug-likeness (QED) is 0.501. The van der Waals surface area contributed by atoms with Gasteiger partial charge in [0.05, 0.1) is 0 Å². The summed E-state index contributed by atoms with van der Waals surface area (Å²) in [6.45, 7) is 3.39. The maximum absolute atomic E-state index is 12.8. The highest BCUT2D eigenvalue weighted by atomic mass is 19.4. The summed E-state index contributed by atoms with van der Waals surface area (Å²) in [5.74, 6) is -3.52. The first-order chi connectivity index (χ1) is 10.6. The molecular formula is C13H15F9O2. The van der Waals surface area contributed by atoms with Gasteiger partial charge < -0.3 is 4.74 Å². The molecule has 3 atom stereocenters. The van der Waals surface area contributed by atoms with Crippen LogP contribution in [0, 0.1) is 17.3 Å². The van der Waals surface area contributed by atoms with Gasteiger partial charge in [0.2, 0.25) is 0 Å². The van der Waals surface area contributed by atoms with Crippen LogP contribution in [0.4, 0.5) is 39.5 Å². The number of halogens is 9. The maximum Gasteiger partial charge on any atom is 0.422 e. The van der Waals surface area contributed by atoms with E-state index < -0.39 is 36.0 Å². The summed E-state index contributed by atoms with van der Waals surface area (Å²) in [7, 11) is 0. The van der Waals surface area contributed by atoms with Gasteiger partial charge in [-0.3, -0.25) is 4.79 Å². The highest BCUT2D eigenvalue weighted by Crippen LogP contribution is 2.60. The third-order valence-corrected chi connectivity index (χ3v) is 4.41. The fourth-order valence-corrected chi connectivity index (χ4v) is 2.67. The van der Waals surface area contributed by atoms with Crippen molar-refractivity contribution in [3.05, 3.63) is 0 Å². The van der Waals surface area contributed by atoms with Crippen LogP contribution in [0.1, 0.15) is 33.1 Å². The lowest BCUT2D eigenvalue weighted by Gasteiger charge is -2.38. The third-order valence-electron chi connectivity index (χ3n) is 4.41. The Morgan fingerprint density at radius 2 is 1.21 bits per heavy atom. The number of ether oxygens (including phenoxy) is 1. The van der Waals surface area contributed by atoms with Crippen molar-refractivity contribution in [1.82, 2.24) is 0 Å². The Kier molecular flexibility index (Phi) is 5.47. The largest absolute Gasteiger partial charge is 0.461 e. The van der Waals surface area contributed by atoms with Gasteiger partial charge >= 0.3 is 29.9 Å². The molecule has 0 bridgehead atoms. The Hall–Kier alpha value is -1.16. The van der Waals surface area contributed by atoms with E-state index in [2.05, 4.69) is 4.74 Å². The first kappa shape index (κ1) is 20.9. The molecule has 1 saturated carbocycles. The van der Waals surface area contributed by atoms with Crippen molar-refractivity contribution in [3.63, 3.8) is 0 Å². The Morgan fingerprint density at radius 1 is 0.792 bits per heavy atom. The predicted octanol–water partition coefficient (Wildman–Crippen LogP) is 5.03. The third kappa shape index (κ3) is 3.44. The molecule has 0 saturated heterocycles. The molecule has 24 heavy (non-hydrogen) atoms. The van der Waals surface area contributed by atoms with Crippen LogP contribution in [0.5, 0.6) is 0 Å². The molecule has 0 aromatic heterocycles. The zero-order chi connectivity index (χ0) is 19.1. The Bertz CT molecular complexity index is 427. The van der Waals surface area contributed by atoms with Gasteiger partial charge in [0.15, 0.2) is 0 Å². The lowest BCUT2D eigenvalue weighted by molar-refractivity contribution is -0.412. The van der Waals surface area contributed by atoms with E-state index in [1.54, 1.807) is 13.8 Å². The molecular weight excluding hydrogens is 359 g/mol. The van der Waals surface area contributed by atoms with Crippen LogP contribution < -0.4 is 0 Å². The average Bonchev–Trinajstić information content (AvgIpc) is 2.28. The van der Waals surface area contributed by atoms with E-state index in [-0.39, 0.29) is 24.7 Å². The lowest BCUT2D eigenvalue weighted by Crippen LogP contribution is -2.65. The molecule has 1 aliphatic carbocycles. The fourth-order valence-electron chi connectivity index (χ4n) is 2.67. The lowest BCUT2D eigenvalue weighted by atomic mass is 9.80. The van der Waals surface area contributed by atoms with Gasteiger partial charge in [0.1, 0.15) is 6.10 Å². The van der Waals surface area contributed by atoms with Gasteiger partial charge in [-0.25, -0.2) is 0 Å². The van der Waals surface area contributed by atoms with Crippen molar-refractivity contribution in [2.75, 3.05) is 0 Å². The Balaban J connectivity index is 3.23. The molecule has 0 unspecified atom stereocenters. The SMILES string of the molecule is C[C@@H]1CC[C@@H](OC(=O)C(C(F)(F)F)(C(F)(F)F)C(F)(F)F)C[C@@H]1C. The average molecular weight is 374 g/mol. The first-order valence-electron chi connectivity index (χ1n) is 6.97. The number of carbonyl (C=O) groups is 1. The highest BCUT2D eigenvalue weighted by Gasteiger charge is 2.89. The minimum Gasteiger partial charge on any atom is -0.461 e. The second kappa shape index (κ2) is 6.29. The van der Waals surface area contributed by atoms with E-state index in [9.17, 15) is 44.3 Å². The van der Waals surface area contributed by atoms with Crippen molar-refractivity contribution >= 4 is 5.97 Å². The molecule has 0 amide bonds. The van der Waals surface area contributed by atoms with E-state index in [1.165, 1.54) is 0 Å². The number of alkyl halides is 9. The molecule has 0 aliphatic heterocycles. The maximum atomic E-state index is 12.8. The van der Waals surface area contributed by atoms with Crippen molar-refractivity contribution < 1.29 is 49.0 Å². The van der Waals surface area contributed by atoms with Gasteiger partial charge in [0, 0.05) is 0 Å². The first-order valence-corrected chi connectivity index (χ1v) is 6.97. The topological polar surface area (TPSA) is 26.3 Å². The molecule has 1 aliphatic rings. The van der Waals surface area contributed by atoms with Gasteiger partial charge in [-0.1, -0.05) is 13.8 Å². The summed E-state index contributed by atoms with van der Waals surface area (Å²) in [6.07, 6.45) is -22.1. The smallest absolute Gasteiger partial charge is 0.422 e. The number of carbonyl (C=O) groups excluding carboxylic acids is 1. The number of esters is 1. The highest BCUT2D eigenvalue weighted by molar-refractivity contribution is 5.80. The van der Waals surface area contributed by atoms with Gasteiger partial charge in [0.25, 0.3) is 0 Å². The molecule has 1 rings (SSSR count). The van der Waals surface area contributed by atoms with E-state index in [0.717, 1.165) is 0 Å². The minimum atomic E-state index is -6.94. The number of rotatable bonds is 2. The second-order valence-electron chi connectivity index (χ2n) is 6.04. The summed E-state index contributed by atoms with van der Waals surface area (Å²) >= 11 is 0. The molecule has 0 N–H and O–H groups in total. The normalized spacial score (nSPS) is 27.0. The molecule has 0 heterocycles. The van der Waals surface area contributed by atoms with Gasteiger partial charge in [-0.15, -0.1) is 0 Å². The molecule has 0 aromatic rings. The van der Waals surface area contributed by atoms with E-state index >= 15 is 0 Å². The van der Waals surface area contributed by atoms with E-state index in [1.807, 2.05) is 0 Å². The van der Waals surface area contributed by atoms with Crippen molar-refractivity contribution in [1.29, 1.82) is 0 Å². The van der Waals surface area contributed by atoms with E-state index in [4.69, 9.17) is 0 Å². The predicted molar refractivity (Wildman–Crippen MR) is 62.7 cm³/mol. The summed E-state index contributed by atoms with van der Waals surface area (Å²) in [5.41, 5.74) is -6.56.